The number of carboxylic acids is 1. The van der Waals surface area contributed by atoms with Gasteiger partial charge in [0.05, 0.1) is 0 Å². The van der Waals surface area contributed by atoms with Gasteiger partial charge >= 0.3 is 5.97 Å². The van der Waals surface area contributed by atoms with E-state index in [0.29, 0.717) is 24.8 Å². The third kappa shape index (κ3) is 5.28. The molecule has 0 heterocycles. The second kappa shape index (κ2) is 7.99. The first-order valence-corrected chi connectivity index (χ1v) is 7.19. The topological polar surface area (TPSA) is 66.4 Å². The highest BCUT2D eigenvalue weighted by atomic mass is 79.9. The SMILES string of the molecule is CCCC(NC(=O)CCc1cc(F)ccc1Br)C(=O)O. The van der Waals surface area contributed by atoms with Crippen LogP contribution in [0, 0.1) is 5.82 Å². The molecule has 20 heavy (non-hydrogen) atoms. The lowest BCUT2D eigenvalue weighted by Gasteiger charge is -2.13. The van der Waals surface area contributed by atoms with Crippen LogP contribution in [0.25, 0.3) is 0 Å². The molecule has 0 aliphatic carbocycles. The highest BCUT2D eigenvalue weighted by Gasteiger charge is 2.18. The molecule has 0 fully saturated rings. The largest absolute Gasteiger partial charge is 0.480 e. The van der Waals surface area contributed by atoms with E-state index >= 15 is 0 Å². The number of carbonyl (C=O) groups excluding carboxylic acids is 1. The molecule has 0 aliphatic heterocycles. The fourth-order valence-corrected chi connectivity index (χ4v) is 2.24. The summed E-state index contributed by atoms with van der Waals surface area (Å²) < 4.78 is 13.8. The van der Waals surface area contributed by atoms with Crippen molar-refractivity contribution in [2.24, 2.45) is 0 Å². The molecule has 110 valence electrons. The van der Waals surface area contributed by atoms with Crippen molar-refractivity contribution in [1.29, 1.82) is 0 Å². The zero-order valence-electron chi connectivity index (χ0n) is 11.2. The molecule has 1 aromatic carbocycles. The van der Waals surface area contributed by atoms with Crippen LogP contribution >= 0.6 is 15.9 Å². The quantitative estimate of drug-likeness (QED) is 0.798. The van der Waals surface area contributed by atoms with Crippen molar-refractivity contribution >= 4 is 27.8 Å². The molecule has 1 amide bonds. The second-order valence-corrected chi connectivity index (χ2v) is 5.34. The van der Waals surface area contributed by atoms with E-state index in [1.165, 1.54) is 12.1 Å². The molecular weight excluding hydrogens is 329 g/mol. The number of benzene rings is 1. The minimum Gasteiger partial charge on any atom is -0.480 e. The number of nitrogens with one attached hydrogen (secondary N) is 1. The standard InChI is InChI=1S/C14H17BrFNO3/c1-2-3-12(14(19)20)17-13(18)7-4-9-8-10(16)5-6-11(9)15/h5-6,8,12H,2-4,7H2,1H3,(H,17,18)(H,19,20). The van der Waals surface area contributed by atoms with Crippen LogP contribution in [0.1, 0.15) is 31.7 Å². The Balaban J connectivity index is 2.54. The number of carboxylic acid groups (broad SMARTS) is 1. The minimum atomic E-state index is -1.04. The van der Waals surface area contributed by atoms with Crippen molar-refractivity contribution in [3.05, 3.63) is 34.1 Å². The normalized spacial score (nSPS) is 11.9. The summed E-state index contributed by atoms with van der Waals surface area (Å²) in [5.41, 5.74) is 0.683. The van der Waals surface area contributed by atoms with Crippen LogP contribution in [-0.2, 0) is 16.0 Å². The lowest BCUT2D eigenvalue weighted by molar-refractivity contribution is -0.142. The second-order valence-electron chi connectivity index (χ2n) is 4.48. The summed E-state index contributed by atoms with van der Waals surface area (Å²) in [4.78, 5) is 22.6. The van der Waals surface area contributed by atoms with Crippen LogP contribution in [-0.4, -0.2) is 23.0 Å². The molecule has 0 radical (unpaired) electrons. The van der Waals surface area contributed by atoms with Crippen LogP contribution in [0.4, 0.5) is 4.39 Å². The number of aliphatic carboxylic acids is 1. The summed E-state index contributed by atoms with van der Waals surface area (Å²) in [7, 11) is 0. The van der Waals surface area contributed by atoms with E-state index < -0.39 is 12.0 Å². The maximum absolute atomic E-state index is 13.1. The van der Waals surface area contributed by atoms with Gasteiger partial charge in [-0.2, -0.15) is 0 Å². The van der Waals surface area contributed by atoms with E-state index in [2.05, 4.69) is 21.2 Å². The Morgan fingerprint density at radius 3 is 2.75 bits per heavy atom. The molecule has 0 saturated carbocycles. The summed E-state index contributed by atoms with van der Waals surface area (Å²) >= 11 is 3.29. The van der Waals surface area contributed by atoms with Crippen molar-refractivity contribution in [3.63, 3.8) is 0 Å². The van der Waals surface area contributed by atoms with Crippen LogP contribution in [0.5, 0.6) is 0 Å². The molecule has 1 atom stereocenters. The van der Waals surface area contributed by atoms with Gasteiger partial charge in [-0.3, -0.25) is 4.79 Å². The molecule has 1 aromatic rings. The summed E-state index contributed by atoms with van der Waals surface area (Å²) in [6, 6.07) is 3.41. The number of amides is 1. The molecule has 0 aliphatic rings. The number of hydrogen-bond acceptors (Lipinski definition) is 2. The lowest BCUT2D eigenvalue weighted by Crippen LogP contribution is -2.40. The van der Waals surface area contributed by atoms with Crippen LogP contribution < -0.4 is 5.32 Å². The van der Waals surface area contributed by atoms with Gasteiger partial charge in [-0.15, -0.1) is 0 Å². The number of rotatable bonds is 7. The Bertz CT molecular complexity index is 493. The fourth-order valence-electron chi connectivity index (χ4n) is 1.80. The van der Waals surface area contributed by atoms with Gasteiger partial charge < -0.3 is 10.4 Å². The summed E-state index contributed by atoms with van der Waals surface area (Å²) in [5.74, 6) is -1.74. The Hall–Kier alpha value is -1.43. The van der Waals surface area contributed by atoms with E-state index in [1.54, 1.807) is 6.07 Å². The highest BCUT2D eigenvalue weighted by Crippen LogP contribution is 2.19. The van der Waals surface area contributed by atoms with Gasteiger partial charge in [-0.1, -0.05) is 29.3 Å². The molecule has 0 bridgehead atoms. The number of aryl methyl sites for hydroxylation is 1. The predicted octanol–water partition coefficient (Wildman–Crippen LogP) is 2.89. The molecule has 0 saturated heterocycles. The monoisotopic (exact) mass is 345 g/mol. The van der Waals surface area contributed by atoms with Crippen molar-refractivity contribution < 1.29 is 19.1 Å². The Labute approximate surface area is 125 Å². The number of hydrogen-bond donors (Lipinski definition) is 2. The lowest BCUT2D eigenvalue weighted by atomic mass is 10.1. The minimum absolute atomic E-state index is 0.121. The molecular formula is C14H17BrFNO3. The zero-order chi connectivity index (χ0) is 15.1. The van der Waals surface area contributed by atoms with E-state index in [0.717, 1.165) is 4.47 Å². The van der Waals surface area contributed by atoms with Gasteiger partial charge in [0.25, 0.3) is 0 Å². The van der Waals surface area contributed by atoms with E-state index in [1.807, 2.05) is 6.92 Å². The average molecular weight is 346 g/mol. The van der Waals surface area contributed by atoms with Gasteiger partial charge in [0.2, 0.25) is 5.91 Å². The predicted molar refractivity (Wildman–Crippen MR) is 76.9 cm³/mol. The zero-order valence-corrected chi connectivity index (χ0v) is 12.7. The maximum Gasteiger partial charge on any atom is 0.326 e. The van der Waals surface area contributed by atoms with Crippen molar-refractivity contribution in [3.8, 4) is 0 Å². The molecule has 1 rings (SSSR count). The fraction of sp³-hybridized carbons (Fsp3) is 0.429. The van der Waals surface area contributed by atoms with Crippen molar-refractivity contribution in [1.82, 2.24) is 5.32 Å². The summed E-state index contributed by atoms with van der Waals surface area (Å²) in [6.45, 7) is 1.85. The molecule has 0 aromatic heterocycles. The number of carbonyl (C=O) groups is 2. The third-order valence-electron chi connectivity index (χ3n) is 2.84. The molecule has 6 heteroatoms. The highest BCUT2D eigenvalue weighted by molar-refractivity contribution is 9.10. The Kier molecular flexibility index (Phi) is 6.64. The van der Waals surface area contributed by atoms with Crippen LogP contribution in [0.2, 0.25) is 0 Å². The van der Waals surface area contributed by atoms with Gasteiger partial charge in [0, 0.05) is 10.9 Å². The molecule has 1 unspecified atom stereocenters. The van der Waals surface area contributed by atoms with Crippen molar-refractivity contribution in [2.45, 2.75) is 38.6 Å². The smallest absolute Gasteiger partial charge is 0.326 e. The maximum atomic E-state index is 13.1. The van der Waals surface area contributed by atoms with E-state index in [-0.39, 0.29) is 18.1 Å². The molecule has 2 N–H and O–H groups in total. The summed E-state index contributed by atoms with van der Waals surface area (Å²) in [5, 5.41) is 11.4. The van der Waals surface area contributed by atoms with E-state index in [9.17, 15) is 14.0 Å². The first-order valence-electron chi connectivity index (χ1n) is 6.40. The Morgan fingerprint density at radius 1 is 1.45 bits per heavy atom. The van der Waals surface area contributed by atoms with Crippen LogP contribution in [0.3, 0.4) is 0 Å². The van der Waals surface area contributed by atoms with Gasteiger partial charge in [0.15, 0.2) is 0 Å². The number of halogens is 2. The first-order chi connectivity index (χ1) is 9.43. The van der Waals surface area contributed by atoms with Gasteiger partial charge in [-0.25, -0.2) is 9.18 Å². The summed E-state index contributed by atoms with van der Waals surface area (Å²) in [6.07, 6.45) is 1.54. The first kappa shape index (κ1) is 16.6. The molecule has 0 spiro atoms. The Morgan fingerprint density at radius 2 is 2.15 bits per heavy atom. The van der Waals surface area contributed by atoms with Crippen molar-refractivity contribution in [2.75, 3.05) is 0 Å². The van der Waals surface area contributed by atoms with Crippen LogP contribution in [0.15, 0.2) is 22.7 Å². The average Bonchev–Trinajstić information content (AvgIpc) is 2.39. The van der Waals surface area contributed by atoms with E-state index in [4.69, 9.17) is 5.11 Å². The van der Waals surface area contributed by atoms with Gasteiger partial charge in [0.1, 0.15) is 11.9 Å². The van der Waals surface area contributed by atoms with Gasteiger partial charge in [-0.05, 0) is 36.6 Å². The third-order valence-corrected chi connectivity index (χ3v) is 3.61. The molecule has 4 nitrogen and oxygen atoms in total.